The number of aromatic nitrogens is 1. The maximum absolute atomic E-state index is 12.9. The largest absolute Gasteiger partial charge is 0.465 e. The van der Waals surface area contributed by atoms with E-state index in [2.05, 4.69) is 33.0 Å². The van der Waals surface area contributed by atoms with E-state index < -0.39 is 12.1 Å². The molecule has 0 saturated carbocycles. The SMILES string of the molecule is CCCCOC(=O)C(Cc1csc(-c2ccccc2)n1)NC(CC(C)C)C(=O)OCCCC. The van der Waals surface area contributed by atoms with Crippen LogP contribution in [0.2, 0.25) is 0 Å². The average molecular weight is 475 g/mol. The van der Waals surface area contributed by atoms with Crippen molar-refractivity contribution in [2.24, 2.45) is 5.92 Å². The molecule has 0 spiro atoms. The average Bonchev–Trinajstić information content (AvgIpc) is 3.27. The van der Waals surface area contributed by atoms with Gasteiger partial charge in [-0.25, -0.2) is 4.98 Å². The quantitative estimate of drug-likeness (QED) is 0.275. The number of thiazole rings is 1. The highest BCUT2D eigenvalue weighted by Gasteiger charge is 2.30. The Kier molecular flexibility index (Phi) is 12.1. The topological polar surface area (TPSA) is 77.5 Å². The predicted molar refractivity (Wildman–Crippen MR) is 133 cm³/mol. The van der Waals surface area contributed by atoms with Crippen molar-refractivity contribution < 1.29 is 19.1 Å². The molecular formula is C26H38N2O4S. The highest BCUT2D eigenvalue weighted by Crippen LogP contribution is 2.24. The Balaban J connectivity index is 2.16. The normalized spacial score (nSPS) is 13.0. The summed E-state index contributed by atoms with van der Waals surface area (Å²) >= 11 is 1.54. The zero-order valence-electron chi connectivity index (χ0n) is 20.3. The highest BCUT2D eigenvalue weighted by atomic mass is 32.1. The summed E-state index contributed by atoms with van der Waals surface area (Å²) in [5.41, 5.74) is 1.84. The Morgan fingerprint density at radius 1 is 0.970 bits per heavy atom. The Morgan fingerprint density at radius 3 is 2.15 bits per heavy atom. The Bertz CT molecular complexity index is 838. The van der Waals surface area contributed by atoms with Crippen LogP contribution in [0.25, 0.3) is 10.6 Å². The number of unbranched alkanes of at least 4 members (excludes halogenated alkanes) is 2. The first kappa shape index (κ1) is 27.0. The highest BCUT2D eigenvalue weighted by molar-refractivity contribution is 7.13. The van der Waals surface area contributed by atoms with Gasteiger partial charge < -0.3 is 9.47 Å². The molecule has 1 heterocycles. The third-order valence-electron chi connectivity index (χ3n) is 5.15. The fourth-order valence-electron chi connectivity index (χ4n) is 3.32. The minimum Gasteiger partial charge on any atom is -0.465 e. The molecule has 0 aliphatic rings. The lowest BCUT2D eigenvalue weighted by Crippen LogP contribution is -2.50. The summed E-state index contributed by atoms with van der Waals surface area (Å²) in [7, 11) is 0. The van der Waals surface area contributed by atoms with E-state index in [0.717, 1.165) is 41.9 Å². The molecule has 0 saturated heterocycles. The van der Waals surface area contributed by atoms with Crippen molar-refractivity contribution in [3.63, 3.8) is 0 Å². The lowest BCUT2D eigenvalue weighted by atomic mass is 10.0. The van der Waals surface area contributed by atoms with E-state index >= 15 is 0 Å². The van der Waals surface area contributed by atoms with E-state index in [1.165, 1.54) is 0 Å². The summed E-state index contributed by atoms with van der Waals surface area (Å²) in [6.45, 7) is 8.97. The van der Waals surface area contributed by atoms with Gasteiger partial charge >= 0.3 is 11.9 Å². The number of hydrogen-bond acceptors (Lipinski definition) is 7. The lowest BCUT2D eigenvalue weighted by molar-refractivity contribution is -0.150. The number of esters is 2. The molecule has 1 N–H and O–H groups in total. The first-order valence-electron chi connectivity index (χ1n) is 12.0. The minimum atomic E-state index is -0.671. The van der Waals surface area contributed by atoms with E-state index in [1.54, 1.807) is 11.3 Å². The zero-order valence-corrected chi connectivity index (χ0v) is 21.2. The Labute approximate surface area is 202 Å². The maximum Gasteiger partial charge on any atom is 0.323 e. The van der Waals surface area contributed by atoms with Crippen LogP contribution in [-0.2, 0) is 25.5 Å². The van der Waals surface area contributed by atoms with Crippen LogP contribution in [0.15, 0.2) is 35.7 Å². The fourth-order valence-corrected chi connectivity index (χ4v) is 4.15. The van der Waals surface area contributed by atoms with Gasteiger partial charge in [0.15, 0.2) is 0 Å². The summed E-state index contributed by atoms with van der Waals surface area (Å²) in [6.07, 6.45) is 4.46. The first-order chi connectivity index (χ1) is 15.9. The third-order valence-corrected chi connectivity index (χ3v) is 6.09. The standard InChI is InChI=1S/C26H38N2O4S/c1-5-7-14-31-25(29)22(16-19(3)4)28-23(26(30)32-15-8-6-2)17-21-18-33-24(27-21)20-12-10-9-11-13-20/h9-13,18-19,22-23,28H,5-8,14-17H2,1-4H3. The van der Waals surface area contributed by atoms with Crippen LogP contribution in [0.3, 0.4) is 0 Å². The second-order valence-electron chi connectivity index (χ2n) is 8.66. The van der Waals surface area contributed by atoms with Gasteiger partial charge in [0.05, 0.1) is 18.9 Å². The molecule has 0 fully saturated rings. The number of rotatable bonds is 15. The van der Waals surface area contributed by atoms with Crippen molar-refractivity contribution in [1.82, 2.24) is 10.3 Å². The molecule has 0 aliphatic carbocycles. The molecule has 33 heavy (non-hydrogen) atoms. The molecule has 0 aliphatic heterocycles. The number of carbonyl (C=O) groups is 2. The van der Waals surface area contributed by atoms with Gasteiger partial charge in [0.1, 0.15) is 17.1 Å². The number of nitrogens with one attached hydrogen (secondary N) is 1. The van der Waals surface area contributed by atoms with Gasteiger partial charge in [-0.15, -0.1) is 11.3 Å². The number of nitrogens with zero attached hydrogens (tertiary/aromatic N) is 1. The van der Waals surface area contributed by atoms with Crippen molar-refractivity contribution in [3.8, 4) is 10.6 Å². The molecule has 2 unspecified atom stereocenters. The summed E-state index contributed by atoms with van der Waals surface area (Å²) in [5, 5.41) is 6.12. The summed E-state index contributed by atoms with van der Waals surface area (Å²) in [6, 6.07) is 8.72. The third kappa shape index (κ3) is 9.64. The van der Waals surface area contributed by atoms with Gasteiger partial charge in [-0.1, -0.05) is 70.9 Å². The maximum atomic E-state index is 12.9. The van der Waals surface area contributed by atoms with E-state index in [4.69, 9.17) is 14.5 Å². The van der Waals surface area contributed by atoms with Gasteiger partial charge in [0, 0.05) is 17.4 Å². The van der Waals surface area contributed by atoms with Gasteiger partial charge in [-0.2, -0.15) is 0 Å². The molecule has 1 aromatic carbocycles. The molecule has 1 aromatic heterocycles. The molecule has 182 valence electrons. The van der Waals surface area contributed by atoms with Crippen molar-refractivity contribution in [2.75, 3.05) is 13.2 Å². The number of carbonyl (C=O) groups excluding carboxylic acids is 2. The lowest BCUT2D eigenvalue weighted by Gasteiger charge is -2.24. The van der Waals surface area contributed by atoms with Gasteiger partial charge in [-0.3, -0.25) is 14.9 Å². The van der Waals surface area contributed by atoms with Crippen LogP contribution in [0.1, 0.15) is 65.5 Å². The van der Waals surface area contributed by atoms with Crippen LogP contribution in [-0.4, -0.2) is 42.2 Å². The summed E-state index contributed by atoms with van der Waals surface area (Å²) in [5.74, 6) is -0.401. The van der Waals surface area contributed by atoms with Crippen molar-refractivity contribution >= 4 is 23.3 Å². The molecule has 0 amide bonds. The monoisotopic (exact) mass is 474 g/mol. The Morgan fingerprint density at radius 2 is 1.58 bits per heavy atom. The van der Waals surface area contributed by atoms with E-state index in [9.17, 15) is 9.59 Å². The van der Waals surface area contributed by atoms with Crippen LogP contribution in [0.5, 0.6) is 0 Å². The van der Waals surface area contributed by atoms with Crippen LogP contribution in [0.4, 0.5) is 0 Å². The van der Waals surface area contributed by atoms with Crippen LogP contribution in [0, 0.1) is 5.92 Å². The molecule has 0 bridgehead atoms. The molecular weight excluding hydrogens is 436 g/mol. The van der Waals surface area contributed by atoms with E-state index in [1.807, 2.05) is 35.7 Å². The molecule has 2 rings (SSSR count). The number of benzene rings is 1. The van der Waals surface area contributed by atoms with Gasteiger partial charge in [-0.05, 0) is 25.2 Å². The second-order valence-corrected chi connectivity index (χ2v) is 9.52. The van der Waals surface area contributed by atoms with Gasteiger partial charge in [0.2, 0.25) is 0 Å². The van der Waals surface area contributed by atoms with Gasteiger partial charge in [0.25, 0.3) is 0 Å². The second kappa shape index (κ2) is 14.8. The zero-order chi connectivity index (χ0) is 24.1. The van der Waals surface area contributed by atoms with Crippen LogP contribution >= 0.6 is 11.3 Å². The number of hydrogen-bond donors (Lipinski definition) is 1. The number of ether oxygens (including phenoxy) is 2. The van der Waals surface area contributed by atoms with Crippen molar-refractivity contribution in [1.29, 1.82) is 0 Å². The summed E-state index contributed by atoms with van der Waals surface area (Å²) in [4.78, 5) is 30.4. The smallest absolute Gasteiger partial charge is 0.323 e. The molecule has 2 aromatic rings. The van der Waals surface area contributed by atoms with E-state index in [0.29, 0.717) is 26.1 Å². The molecule has 2 atom stereocenters. The molecule has 7 heteroatoms. The fraction of sp³-hybridized carbons (Fsp3) is 0.577. The van der Waals surface area contributed by atoms with Crippen molar-refractivity contribution in [2.45, 2.75) is 78.3 Å². The first-order valence-corrected chi connectivity index (χ1v) is 12.9. The molecule has 6 nitrogen and oxygen atoms in total. The Hall–Kier alpha value is -2.25. The van der Waals surface area contributed by atoms with E-state index in [-0.39, 0.29) is 17.9 Å². The minimum absolute atomic E-state index is 0.266. The van der Waals surface area contributed by atoms with Crippen LogP contribution < -0.4 is 5.32 Å². The summed E-state index contributed by atoms with van der Waals surface area (Å²) < 4.78 is 11.0. The molecule has 0 radical (unpaired) electrons. The van der Waals surface area contributed by atoms with Crippen molar-refractivity contribution in [3.05, 3.63) is 41.4 Å². The predicted octanol–water partition coefficient (Wildman–Crippen LogP) is 5.41.